The molecule has 0 spiro atoms. The van der Waals surface area contributed by atoms with E-state index in [4.69, 9.17) is 11.6 Å². The first-order valence-corrected chi connectivity index (χ1v) is 14.6. The Balaban J connectivity index is 1.27. The molecule has 1 amide bonds. The van der Waals surface area contributed by atoms with Gasteiger partial charge < -0.3 is 20.3 Å². The number of hydrogen-bond donors (Lipinski definition) is 2. The lowest BCUT2D eigenvalue weighted by Gasteiger charge is -2.35. The third-order valence-electron chi connectivity index (χ3n) is 7.76. The molecule has 0 radical (unpaired) electrons. The molecule has 1 saturated heterocycles. The highest BCUT2D eigenvalue weighted by molar-refractivity contribution is 7.89. The number of sulfonamides is 1. The molecule has 2 N–H and O–H groups in total. The quantitative estimate of drug-likeness (QED) is 0.370. The van der Waals surface area contributed by atoms with Crippen molar-refractivity contribution in [1.82, 2.24) is 9.21 Å². The van der Waals surface area contributed by atoms with Gasteiger partial charge in [0.05, 0.1) is 10.6 Å². The molecule has 6 rings (SSSR count). The van der Waals surface area contributed by atoms with Crippen molar-refractivity contribution in [3.63, 3.8) is 0 Å². The number of rotatable bonds is 4. The summed E-state index contributed by atoms with van der Waals surface area (Å²) < 4.78 is 28.4. The number of carbonyl (C=O) groups is 1. The average molecular weight is 566 g/mol. The van der Waals surface area contributed by atoms with E-state index in [2.05, 4.69) is 20.3 Å². The molecule has 3 aromatic carbocycles. The minimum absolute atomic E-state index is 0.0146. The van der Waals surface area contributed by atoms with Crippen LogP contribution in [0.15, 0.2) is 64.6 Å². The maximum atomic E-state index is 13.5. The number of hydrogen-bond acceptors (Lipinski definition) is 7. The van der Waals surface area contributed by atoms with Crippen molar-refractivity contribution in [3.8, 4) is 11.1 Å². The number of benzene rings is 3. The van der Waals surface area contributed by atoms with Crippen LogP contribution in [-0.2, 0) is 27.8 Å². The number of nitrogens with zero attached hydrogens (tertiary/aromatic N) is 4. The van der Waals surface area contributed by atoms with E-state index in [1.807, 2.05) is 49.5 Å². The van der Waals surface area contributed by atoms with Crippen LogP contribution in [-0.4, -0.2) is 74.2 Å². The lowest BCUT2D eigenvalue weighted by molar-refractivity contribution is -0.110. The van der Waals surface area contributed by atoms with Gasteiger partial charge in [0.25, 0.3) is 5.91 Å². The van der Waals surface area contributed by atoms with Crippen molar-refractivity contribution < 1.29 is 18.4 Å². The van der Waals surface area contributed by atoms with Crippen LogP contribution in [0, 0.1) is 0 Å². The summed E-state index contributed by atoms with van der Waals surface area (Å²) in [6.45, 7) is 3.49. The zero-order chi connectivity index (χ0) is 27.3. The monoisotopic (exact) mass is 565 g/mol. The number of fused-ring (bicyclic) bond motifs is 3. The predicted octanol–water partition coefficient (Wildman–Crippen LogP) is 3.64. The topological polar surface area (TPSA) is 106 Å². The molecular formula is C28H28ClN5O4S. The Labute approximate surface area is 232 Å². The fourth-order valence-electron chi connectivity index (χ4n) is 5.67. The molecule has 11 heteroatoms. The van der Waals surface area contributed by atoms with Crippen molar-refractivity contribution in [1.29, 1.82) is 0 Å². The number of anilines is 2. The molecule has 3 aromatic rings. The van der Waals surface area contributed by atoms with Gasteiger partial charge in [0.15, 0.2) is 5.71 Å². The summed E-state index contributed by atoms with van der Waals surface area (Å²) in [5.74, 6) is -0.433. The van der Waals surface area contributed by atoms with Gasteiger partial charge in [0.2, 0.25) is 10.0 Å². The highest BCUT2D eigenvalue weighted by atomic mass is 35.5. The fraction of sp³-hybridized carbons (Fsp3) is 0.286. The molecular weight excluding hydrogens is 538 g/mol. The second kappa shape index (κ2) is 9.95. The van der Waals surface area contributed by atoms with E-state index >= 15 is 0 Å². The van der Waals surface area contributed by atoms with Crippen LogP contribution < -0.4 is 10.2 Å². The summed E-state index contributed by atoms with van der Waals surface area (Å²) in [4.78, 5) is 17.0. The summed E-state index contributed by atoms with van der Waals surface area (Å²) >= 11 is 6.00. The predicted molar refractivity (Wildman–Crippen MR) is 151 cm³/mol. The van der Waals surface area contributed by atoms with E-state index in [-0.39, 0.29) is 10.6 Å². The van der Waals surface area contributed by atoms with Crippen molar-refractivity contribution in [2.45, 2.75) is 17.9 Å². The van der Waals surface area contributed by atoms with Gasteiger partial charge in [0.1, 0.15) is 0 Å². The van der Waals surface area contributed by atoms with Gasteiger partial charge in [0, 0.05) is 55.5 Å². The summed E-state index contributed by atoms with van der Waals surface area (Å²) in [6, 6.07) is 16.4. The molecule has 9 nitrogen and oxygen atoms in total. The van der Waals surface area contributed by atoms with Gasteiger partial charge in [-0.2, -0.15) is 4.31 Å². The largest absolute Gasteiger partial charge is 0.410 e. The standard InChI is InChI=1S/C28H28ClN5O4S/c1-32-11-10-22-23(16-24-26(25(22)17-32)30-28(35)27(24)31-36)18-2-8-21(9-3-18)39(37,38)34-14-12-33(13-15-34)20-6-4-19(29)5-7-20/h2-9,16,36H,10-15,17H2,1H3,(H,30,31,35). The third kappa shape index (κ3) is 4.57. The Kier molecular flexibility index (Phi) is 6.58. The second-order valence-corrected chi connectivity index (χ2v) is 12.5. The Morgan fingerprint density at radius 1 is 0.923 bits per heavy atom. The number of oxime groups is 1. The minimum Gasteiger partial charge on any atom is -0.410 e. The van der Waals surface area contributed by atoms with Crippen molar-refractivity contribution >= 4 is 44.6 Å². The molecule has 0 aliphatic carbocycles. The molecule has 0 atom stereocenters. The molecule has 3 aliphatic rings. The lowest BCUT2D eigenvalue weighted by atomic mass is 9.87. The Hall–Kier alpha value is -3.44. The Morgan fingerprint density at radius 3 is 2.28 bits per heavy atom. The first kappa shape index (κ1) is 25.8. The van der Waals surface area contributed by atoms with Crippen molar-refractivity contribution in [3.05, 3.63) is 76.3 Å². The molecule has 0 aromatic heterocycles. The van der Waals surface area contributed by atoms with E-state index in [0.717, 1.165) is 40.9 Å². The van der Waals surface area contributed by atoms with Crippen LogP contribution in [0.4, 0.5) is 11.4 Å². The molecule has 0 bridgehead atoms. The maximum Gasteiger partial charge on any atom is 0.278 e. The van der Waals surface area contributed by atoms with Crippen LogP contribution >= 0.6 is 11.6 Å². The number of halogens is 1. The molecule has 3 aliphatic heterocycles. The van der Waals surface area contributed by atoms with E-state index in [9.17, 15) is 18.4 Å². The van der Waals surface area contributed by atoms with Crippen LogP contribution in [0.25, 0.3) is 11.1 Å². The fourth-order valence-corrected chi connectivity index (χ4v) is 7.22. The van der Waals surface area contributed by atoms with Gasteiger partial charge in [-0.1, -0.05) is 28.9 Å². The molecule has 202 valence electrons. The highest BCUT2D eigenvalue weighted by Gasteiger charge is 2.34. The molecule has 3 heterocycles. The van der Waals surface area contributed by atoms with Gasteiger partial charge in [-0.15, -0.1) is 0 Å². The molecule has 1 fully saturated rings. The summed E-state index contributed by atoms with van der Waals surface area (Å²) in [6.07, 6.45) is 0.786. The van der Waals surface area contributed by atoms with E-state index < -0.39 is 15.9 Å². The smallest absolute Gasteiger partial charge is 0.278 e. The van der Waals surface area contributed by atoms with E-state index in [1.54, 1.807) is 12.1 Å². The summed E-state index contributed by atoms with van der Waals surface area (Å²) in [5, 5.41) is 16.2. The van der Waals surface area contributed by atoms with Gasteiger partial charge >= 0.3 is 0 Å². The third-order valence-corrected chi connectivity index (χ3v) is 9.93. The number of piperazine rings is 1. The number of amides is 1. The van der Waals surface area contributed by atoms with Crippen LogP contribution in [0.2, 0.25) is 5.02 Å². The lowest BCUT2D eigenvalue weighted by Crippen LogP contribution is -2.48. The van der Waals surface area contributed by atoms with Gasteiger partial charge in [-0.05, 0) is 78.2 Å². The number of carbonyl (C=O) groups excluding carboxylic acids is 1. The van der Waals surface area contributed by atoms with Crippen molar-refractivity contribution in [2.75, 3.05) is 50.0 Å². The second-order valence-electron chi connectivity index (χ2n) is 10.1. The molecule has 0 saturated carbocycles. The zero-order valence-corrected chi connectivity index (χ0v) is 23.0. The number of likely N-dealkylation sites (N-methyl/N-ethyl adjacent to an activating group) is 1. The van der Waals surface area contributed by atoms with E-state index in [1.165, 1.54) is 4.31 Å². The van der Waals surface area contributed by atoms with Gasteiger partial charge in [-0.25, -0.2) is 8.42 Å². The maximum absolute atomic E-state index is 13.5. The summed E-state index contributed by atoms with van der Waals surface area (Å²) in [5.41, 5.74) is 6.13. The van der Waals surface area contributed by atoms with Crippen LogP contribution in [0.1, 0.15) is 16.7 Å². The van der Waals surface area contributed by atoms with Crippen molar-refractivity contribution in [2.24, 2.45) is 5.16 Å². The molecule has 39 heavy (non-hydrogen) atoms. The first-order valence-electron chi connectivity index (χ1n) is 12.8. The van der Waals surface area contributed by atoms with Gasteiger partial charge in [-0.3, -0.25) is 4.79 Å². The SMILES string of the molecule is CN1CCc2c(-c3ccc(S(=O)(=O)N4CCN(c5ccc(Cl)cc5)CC4)cc3)cc3c(c2C1)NC(=O)/C3=N\O. The first-order chi connectivity index (χ1) is 18.8. The highest BCUT2D eigenvalue weighted by Crippen LogP contribution is 2.40. The normalized spacial score (nSPS) is 19.2. The number of nitrogens with one attached hydrogen (secondary N) is 1. The summed E-state index contributed by atoms with van der Waals surface area (Å²) in [7, 11) is -1.63. The molecule has 0 unspecified atom stereocenters. The van der Waals surface area contributed by atoms with Crippen LogP contribution in [0.5, 0.6) is 0 Å². The average Bonchev–Trinajstić information content (AvgIpc) is 3.28. The zero-order valence-electron chi connectivity index (χ0n) is 21.4. The minimum atomic E-state index is -3.66. The Morgan fingerprint density at radius 2 is 1.62 bits per heavy atom. The van der Waals surface area contributed by atoms with Crippen LogP contribution in [0.3, 0.4) is 0 Å². The van der Waals surface area contributed by atoms with E-state index in [0.29, 0.717) is 49.0 Å². The Bertz CT molecular complexity index is 1580.